The Morgan fingerprint density at radius 1 is 1.26 bits per heavy atom. The number of nitrogens with one attached hydrogen (secondary N) is 1. The summed E-state index contributed by atoms with van der Waals surface area (Å²) in [6, 6.07) is 10.8. The molecular weight excluding hydrogens is 290 g/mol. The van der Waals surface area contributed by atoms with Crippen LogP contribution in [0.25, 0.3) is 0 Å². The van der Waals surface area contributed by atoms with E-state index in [0.717, 1.165) is 0 Å². The molecule has 6 nitrogen and oxygen atoms in total. The lowest BCUT2D eigenvalue weighted by atomic mass is 10.2. The van der Waals surface area contributed by atoms with E-state index in [-0.39, 0.29) is 5.91 Å². The van der Waals surface area contributed by atoms with Gasteiger partial charge >= 0.3 is 0 Å². The lowest BCUT2D eigenvalue weighted by Crippen LogP contribution is -2.31. The maximum atomic E-state index is 12.4. The predicted octanol–water partition coefficient (Wildman–Crippen LogP) is 2.88. The van der Waals surface area contributed by atoms with Crippen molar-refractivity contribution < 1.29 is 4.79 Å². The lowest BCUT2D eigenvalue weighted by Gasteiger charge is -2.18. The Morgan fingerprint density at radius 2 is 2.00 bits per heavy atom. The number of benzene rings is 1. The van der Waals surface area contributed by atoms with Crippen LogP contribution in [0.3, 0.4) is 0 Å². The SMILES string of the molecule is CCN(CC)C(=O)c1cc(C)nc(Nc2cccc(C#N)c2)n1. The number of anilines is 2. The van der Waals surface area contributed by atoms with E-state index in [4.69, 9.17) is 5.26 Å². The number of hydrogen-bond donors (Lipinski definition) is 1. The number of nitriles is 1. The second-order valence-electron chi connectivity index (χ2n) is 5.01. The summed E-state index contributed by atoms with van der Waals surface area (Å²) < 4.78 is 0. The number of amides is 1. The summed E-state index contributed by atoms with van der Waals surface area (Å²) in [6.07, 6.45) is 0. The molecule has 1 aromatic heterocycles. The topological polar surface area (TPSA) is 81.9 Å². The smallest absolute Gasteiger partial charge is 0.272 e. The van der Waals surface area contributed by atoms with Gasteiger partial charge in [0.1, 0.15) is 5.69 Å². The van der Waals surface area contributed by atoms with Gasteiger partial charge < -0.3 is 10.2 Å². The van der Waals surface area contributed by atoms with Crippen LogP contribution in [0, 0.1) is 18.3 Å². The molecule has 6 heteroatoms. The second-order valence-corrected chi connectivity index (χ2v) is 5.01. The van der Waals surface area contributed by atoms with Crippen molar-refractivity contribution >= 4 is 17.5 Å². The Bertz CT molecular complexity index is 747. The molecule has 0 saturated heterocycles. The third kappa shape index (κ3) is 4.04. The van der Waals surface area contributed by atoms with Crippen molar-refractivity contribution in [1.29, 1.82) is 5.26 Å². The van der Waals surface area contributed by atoms with Crippen molar-refractivity contribution in [2.24, 2.45) is 0 Å². The Kier molecular flexibility index (Phi) is 5.26. The van der Waals surface area contributed by atoms with Gasteiger partial charge in [-0.15, -0.1) is 0 Å². The standard InChI is InChI=1S/C17H19N5O/c1-4-22(5-2)16(23)15-9-12(3)19-17(21-15)20-14-8-6-7-13(10-14)11-18/h6-10H,4-5H2,1-3H3,(H,19,20,21). The normalized spacial score (nSPS) is 10.0. The maximum absolute atomic E-state index is 12.4. The third-order valence-corrected chi connectivity index (χ3v) is 3.37. The quantitative estimate of drug-likeness (QED) is 0.918. The van der Waals surface area contributed by atoms with E-state index < -0.39 is 0 Å². The summed E-state index contributed by atoms with van der Waals surface area (Å²) in [4.78, 5) is 22.7. The lowest BCUT2D eigenvalue weighted by molar-refractivity contribution is 0.0767. The van der Waals surface area contributed by atoms with Crippen LogP contribution in [0.2, 0.25) is 0 Å². The minimum absolute atomic E-state index is 0.116. The average molecular weight is 309 g/mol. The van der Waals surface area contributed by atoms with Crippen LogP contribution in [0.1, 0.15) is 35.6 Å². The Labute approximate surface area is 135 Å². The number of nitrogens with zero attached hydrogens (tertiary/aromatic N) is 4. The van der Waals surface area contributed by atoms with Gasteiger partial charge in [-0.1, -0.05) is 6.07 Å². The molecule has 0 radical (unpaired) electrons. The molecule has 0 aliphatic carbocycles. The summed E-state index contributed by atoms with van der Waals surface area (Å²) in [5, 5.41) is 12.0. The van der Waals surface area contributed by atoms with Gasteiger partial charge in [-0.3, -0.25) is 4.79 Å². The molecule has 0 unspecified atom stereocenters. The van der Waals surface area contributed by atoms with Crippen LogP contribution in [-0.4, -0.2) is 33.9 Å². The first-order valence-corrected chi connectivity index (χ1v) is 7.49. The number of aryl methyl sites for hydroxylation is 1. The number of aromatic nitrogens is 2. The van der Waals surface area contributed by atoms with Gasteiger partial charge in [0.05, 0.1) is 11.6 Å². The van der Waals surface area contributed by atoms with Gasteiger partial charge in [0.2, 0.25) is 5.95 Å². The van der Waals surface area contributed by atoms with Gasteiger partial charge in [0.15, 0.2) is 0 Å². The van der Waals surface area contributed by atoms with Gasteiger partial charge in [-0.05, 0) is 45.0 Å². The molecular formula is C17H19N5O. The molecule has 0 saturated carbocycles. The zero-order chi connectivity index (χ0) is 16.8. The Morgan fingerprint density at radius 3 is 2.65 bits per heavy atom. The van der Waals surface area contributed by atoms with E-state index >= 15 is 0 Å². The molecule has 1 N–H and O–H groups in total. The summed E-state index contributed by atoms with van der Waals surface area (Å²) in [5.74, 6) is 0.227. The fraction of sp³-hybridized carbons (Fsp3) is 0.294. The number of carbonyl (C=O) groups excluding carboxylic acids is 1. The molecule has 23 heavy (non-hydrogen) atoms. The van der Waals surface area contributed by atoms with E-state index in [1.165, 1.54) is 0 Å². The Balaban J connectivity index is 2.30. The number of rotatable bonds is 5. The van der Waals surface area contributed by atoms with Crippen molar-refractivity contribution in [3.8, 4) is 6.07 Å². The van der Waals surface area contributed by atoms with Crippen molar-refractivity contribution in [2.75, 3.05) is 18.4 Å². The highest BCUT2D eigenvalue weighted by atomic mass is 16.2. The first kappa shape index (κ1) is 16.4. The second kappa shape index (κ2) is 7.36. The van der Waals surface area contributed by atoms with Gasteiger partial charge in [0.25, 0.3) is 5.91 Å². The van der Waals surface area contributed by atoms with Gasteiger partial charge in [-0.25, -0.2) is 9.97 Å². The third-order valence-electron chi connectivity index (χ3n) is 3.37. The number of hydrogen-bond acceptors (Lipinski definition) is 5. The molecule has 0 aliphatic heterocycles. The molecule has 0 atom stereocenters. The number of carbonyl (C=O) groups is 1. The van der Waals surface area contributed by atoms with Gasteiger partial charge in [0, 0.05) is 24.5 Å². The average Bonchev–Trinajstić information content (AvgIpc) is 2.55. The highest BCUT2D eigenvalue weighted by molar-refractivity contribution is 5.92. The van der Waals surface area contributed by atoms with Crippen molar-refractivity contribution in [3.05, 3.63) is 47.3 Å². The Hall–Kier alpha value is -2.94. The monoisotopic (exact) mass is 309 g/mol. The van der Waals surface area contributed by atoms with E-state index in [1.54, 1.807) is 29.2 Å². The van der Waals surface area contributed by atoms with E-state index in [2.05, 4.69) is 21.4 Å². The highest BCUT2D eigenvalue weighted by Crippen LogP contribution is 2.16. The molecule has 0 aliphatic rings. The molecule has 118 valence electrons. The van der Waals surface area contributed by atoms with Crippen molar-refractivity contribution in [2.45, 2.75) is 20.8 Å². The van der Waals surface area contributed by atoms with Crippen LogP contribution in [0.15, 0.2) is 30.3 Å². The fourth-order valence-corrected chi connectivity index (χ4v) is 2.20. The highest BCUT2D eigenvalue weighted by Gasteiger charge is 2.16. The van der Waals surface area contributed by atoms with Crippen molar-refractivity contribution in [3.63, 3.8) is 0 Å². The van der Waals surface area contributed by atoms with E-state index in [0.29, 0.717) is 41.7 Å². The van der Waals surface area contributed by atoms with Crippen LogP contribution in [-0.2, 0) is 0 Å². The maximum Gasteiger partial charge on any atom is 0.272 e. The molecule has 1 heterocycles. The van der Waals surface area contributed by atoms with Crippen LogP contribution in [0.4, 0.5) is 11.6 Å². The summed E-state index contributed by atoms with van der Waals surface area (Å²) in [5.41, 5.74) is 2.31. The zero-order valence-corrected chi connectivity index (χ0v) is 13.5. The first-order valence-electron chi connectivity index (χ1n) is 7.49. The zero-order valence-electron chi connectivity index (χ0n) is 13.5. The van der Waals surface area contributed by atoms with E-state index in [9.17, 15) is 4.79 Å². The summed E-state index contributed by atoms with van der Waals surface area (Å²) in [7, 11) is 0. The fourth-order valence-electron chi connectivity index (χ4n) is 2.20. The van der Waals surface area contributed by atoms with E-state index in [1.807, 2.05) is 26.8 Å². The van der Waals surface area contributed by atoms with Crippen LogP contribution >= 0.6 is 0 Å². The first-order chi connectivity index (χ1) is 11.1. The molecule has 1 amide bonds. The van der Waals surface area contributed by atoms with Gasteiger partial charge in [-0.2, -0.15) is 5.26 Å². The summed E-state index contributed by atoms with van der Waals surface area (Å²) in [6.45, 7) is 6.94. The summed E-state index contributed by atoms with van der Waals surface area (Å²) >= 11 is 0. The molecule has 0 fully saturated rings. The molecule has 2 rings (SSSR count). The largest absolute Gasteiger partial charge is 0.338 e. The predicted molar refractivity (Wildman–Crippen MR) is 88.5 cm³/mol. The van der Waals surface area contributed by atoms with Crippen molar-refractivity contribution in [1.82, 2.24) is 14.9 Å². The molecule has 0 spiro atoms. The molecule has 2 aromatic rings. The molecule has 1 aromatic carbocycles. The van der Waals surface area contributed by atoms with Crippen LogP contribution < -0.4 is 5.32 Å². The van der Waals surface area contributed by atoms with Crippen LogP contribution in [0.5, 0.6) is 0 Å². The molecule has 0 bridgehead atoms. The minimum atomic E-state index is -0.116. The minimum Gasteiger partial charge on any atom is -0.338 e.